The normalized spacial score (nSPS) is 10.4. The Balaban J connectivity index is 2.39. The third-order valence-corrected chi connectivity index (χ3v) is 2.61. The minimum absolute atomic E-state index is 1.10. The highest BCUT2D eigenvalue weighted by Gasteiger charge is 2.01. The van der Waals surface area contributed by atoms with Crippen molar-refractivity contribution in [1.82, 2.24) is 4.98 Å². The zero-order valence-corrected chi connectivity index (χ0v) is 8.67. The van der Waals surface area contributed by atoms with E-state index < -0.39 is 0 Å². The van der Waals surface area contributed by atoms with Crippen LogP contribution in [0, 0.1) is 6.92 Å². The molecule has 1 aromatic heterocycles. The molecule has 1 heterocycles. The lowest BCUT2D eigenvalue weighted by Gasteiger charge is -2.02. The van der Waals surface area contributed by atoms with Crippen molar-refractivity contribution in [3.05, 3.63) is 47.7 Å². The molecule has 0 saturated heterocycles. The van der Waals surface area contributed by atoms with Crippen LogP contribution >= 0.6 is 0 Å². The van der Waals surface area contributed by atoms with Crippen LogP contribution in [-0.4, -0.2) is 4.98 Å². The van der Waals surface area contributed by atoms with Crippen LogP contribution in [0.2, 0.25) is 0 Å². The van der Waals surface area contributed by atoms with Crippen LogP contribution in [0.5, 0.6) is 0 Å². The molecule has 0 fully saturated rings. The van der Waals surface area contributed by atoms with Gasteiger partial charge >= 0.3 is 0 Å². The fourth-order valence-electron chi connectivity index (χ4n) is 1.67. The summed E-state index contributed by atoms with van der Waals surface area (Å²) in [6, 6.07) is 10.8. The van der Waals surface area contributed by atoms with Crippen molar-refractivity contribution in [3.63, 3.8) is 0 Å². The summed E-state index contributed by atoms with van der Waals surface area (Å²) in [6.07, 6.45) is 3.09. The maximum absolute atomic E-state index is 3.26. The van der Waals surface area contributed by atoms with Gasteiger partial charge in [0, 0.05) is 11.9 Å². The molecule has 0 spiro atoms. The zero-order valence-electron chi connectivity index (χ0n) is 8.67. The van der Waals surface area contributed by atoms with Gasteiger partial charge in [-0.2, -0.15) is 0 Å². The highest BCUT2D eigenvalue weighted by molar-refractivity contribution is 5.63. The molecule has 0 unspecified atom stereocenters. The predicted octanol–water partition coefficient (Wildman–Crippen LogP) is 3.55. The first-order chi connectivity index (χ1) is 6.81. The molecule has 2 aromatic rings. The van der Waals surface area contributed by atoms with E-state index in [1.165, 1.54) is 22.4 Å². The summed E-state index contributed by atoms with van der Waals surface area (Å²) in [6.45, 7) is 4.30. The van der Waals surface area contributed by atoms with Crippen molar-refractivity contribution in [2.75, 3.05) is 0 Å². The molecule has 14 heavy (non-hydrogen) atoms. The highest BCUT2D eigenvalue weighted by atomic mass is 14.7. The fourth-order valence-corrected chi connectivity index (χ4v) is 1.67. The van der Waals surface area contributed by atoms with E-state index in [0.717, 1.165) is 6.42 Å². The second kappa shape index (κ2) is 3.70. The number of aromatic amines is 1. The predicted molar refractivity (Wildman–Crippen MR) is 60.3 cm³/mol. The smallest absolute Gasteiger partial charge is 0.0483 e. The SMILES string of the molecule is CCc1ccc(-c2[nH]ccc2C)cc1. The number of aromatic nitrogens is 1. The van der Waals surface area contributed by atoms with E-state index in [9.17, 15) is 0 Å². The summed E-state index contributed by atoms with van der Waals surface area (Å²) in [5, 5.41) is 0. The maximum atomic E-state index is 3.26. The Morgan fingerprint density at radius 2 is 1.79 bits per heavy atom. The topological polar surface area (TPSA) is 15.8 Å². The minimum atomic E-state index is 1.10. The van der Waals surface area contributed by atoms with Gasteiger partial charge in [0.05, 0.1) is 0 Å². The first kappa shape index (κ1) is 9.07. The Kier molecular flexibility index (Phi) is 2.40. The average molecular weight is 185 g/mol. The monoisotopic (exact) mass is 185 g/mol. The van der Waals surface area contributed by atoms with Gasteiger partial charge in [0.1, 0.15) is 0 Å². The van der Waals surface area contributed by atoms with Crippen molar-refractivity contribution in [2.45, 2.75) is 20.3 Å². The molecule has 72 valence electrons. The van der Waals surface area contributed by atoms with Crippen LogP contribution in [0.25, 0.3) is 11.3 Å². The molecule has 0 bridgehead atoms. The van der Waals surface area contributed by atoms with Gasteiger partial charge in [0.25, 0.3) is 0 Å². The van der Waals surface area contributed by atoms with E-state index in [4.69, 9.17) is 0 Å². The van der Waals surface area contributed by atoms with Gasteiger partial charge in [-0.15, -0.1) is 0 Å². The van der Waals surface area contributed by atoms with Crippen molar-refractivity contribution in [3.8, 4) is 11.3 Å². The molecule has 1 aromatic carbocycles. The number of hydrogen-bond acceptors (Lipinski definition) is 0. The third-order valence-electron chi connectivity index (χ3n) is 2.61. The Labute approximate surface area is 84.8 Å². The molecular weight excluding hydrogens is 170 g/mol. The van der Waals surface area contributed by atoms with Crippen LogP contribution in [0.3, 0.4) is 0 Å². The quantitative estimate of drug-likeness (QED) is 0.736. The maximum Gasteiger partial charge on any atom is 0.0483 e. The van der Waals surface area contributed by atoms with Crippen molar-refractivity contribution < 1.29 is 0 Å². The van der Waals surface area contributed by atoms with Gasteiger partial charge in [0.2, 0.25) is 0 Å². The number of aryl methyl sites for hydroxylation is 2. The average Bonchev–Trinajstić information content (AvgIpc) is 2.65. The summed E-state index contributed by atoms with van der Waals surface area (Å²) in [7, 11) is 0. The summed E-state index contributed by atoms with van der Waals surface area (Å²) < 4.78 is 0. The third kappa shape index (κ3) is 1.58. The molecule has 1 nitrogen and oxygen atoms in total. The van der Waals surface area contributed by atoms with Gasteiger partial charge in [-0.1, -0.05) is 31.2 Å². The Morgan fingerprint density at radius 3 is 2.29 bits per heavy atom. The van der Waals surface area contributed by atoms with Crippen molar-refractivity contribution >= 4 is 0 Å². The van der Waals surface area contributed by atoms with Crippen molar-refractivity contribution in [1.29, 1.82) is 0 Å². The Hall–Kier alpha value is -1.50. The highest BCUT2D eigenvalue weighted by Crippen LogP contribution is 2.21. The first-order valence-electron chi connectivity index (χ1n) is 5.04. The number of H-pyrrole nitrogens is 1. The Morgan fingerprint density at radius 1 is 1.07 bits per heavy atom. The van der Waals surface area contributed by atoms with Crippen LogP contribution in [-0.2, 0) is 6.42 Å². The zero-order chi connectivity index (χ0) is 9.97. The molecule has 0 aliphatic carbocycles. The van der Waals surface area contributed by atoms with E-state index in [0.29, 0.717) is 0 Å². The fraction of sp³-hybridized carbons (Fsp3) is 0.231. The van der Waals surface area contributed by atoms with Gasteiger partial charge in [-0.05, 0) is 36.1 Å². The van der Waals surface area contributed by atoms with Gasteiger partial charge in [0.15, 0.2) is 0 Å². The second-order valence-corrected chi connectivity index (χ2v) is 3.59. The molecule has 0 radical (unpaired) electrons. The molecule has 2 rings (SSSR count). The summed E-state index contributed by atoms with van der Waals surface area (Å²) in [5.74, 6) is 0. The van der Waals surface area contributed by atoms with Crippen LogP contribution in [0.15, 0.2) is 36.5 Å². The molecule has 0 aliphatic heterocycles. The number of benzene rings is 1. The molecule has 0 aliphatic rings. The van der Waals surface area contributed by atoms with Gasteiger partial charge in [-0.25, -0.2) is 0 Å². The van der Waals surface area contributed by atoms with Crippen LogP contribution in [0.4, 0.5) is 0 Å². The van der Waals surface area contributed by atoms with Gasteiger partial charge in [-0.3, -0.25) is 0 Å². The lowest BCUT2D eigenvalue weighted by atomic mass is 10.1. The second-order valence-electron chi connectivity index (χ2n) is 3.59. The molecule has 0 atom stereocenters. The van der Waals surface area contributed by atoms with Crippen LogP contribution in [0.1, 0.15) is 18.1 Å². The van der Waals surface area contributed by atoms with E-state index in [2.05, 4.69) is 49.2 Å². The van der Waals surface area contributed by atoms with E-state index in [-0.39, 0.29) is 0 Å². The summed E-state index contributed by atoms with van der Waals surface area (Å²) in [4.78, 5) is 3.26. The van der Waals surface area contributed by atoms with Gasteiger partial charge < -0.3 is 4.98 Å². The first-order valence-corrected chi connectivity index (χ1v) is 5.04. The van der Waals surface area contributed by atoms with E-state index in [1.807, 2.05) is 6.20 Å². The van der Waals surface area contributed by atoms with Crippen LogP contribution < -0.4 is 0 Å². The largest absolute Gasteiger partial charge is 0.361 e. The van der Waals surface area contributed by atoms with E-state index >= 15 is 0 Å². The number of hydrogen-bond donors (Lipinski definition) is 1. The Bertz CT molecular complexity index is 409. The number of nitrogens with one attached hydrogen (secondary N) is 1. The lowest BCUT2D eigenvalue weighted by molar-refractivity contribution is 1.14. The molecule has 0 amide bonds. The lowest BCUT2D eigenvalue weighted by Crippen LogP contribution is -1.83. The van der Waals surface area contributed by atoms with Crippen molar-refractivity contribution in [2.24, 2.45) is 0 Å². The summed E-state index contributed by atoms with van der Waals surface area (Å²) >= 11 is 0. The molecular formula is C13H15N. The molecule has 1 heteroatoms. The molecule has 0 saturated carbocycles. The standard InChI is InChI=1S/C13H15N/c1-3-11-4-6-12(7-5-11)13-10(2)8-9-14-13/h4-9,14H,3H2,1-2H3. The summed E-state index contributed by atoms with van der Waals surface area (Å²) in [5.41, 5.74) is 5.18. The number of rotatable bonds is 2. The minimum Gasteiger partial charge on any atom is -0.361 e. The van der Waals surface area contributed by atoms with E-state index in [1.54, 1.807) is 0 Å². The molecule has 1 N–H and O–H groups in total.